The van der Waals surface area contributed by atoms with E-state index in [1.54, 1.807) is 0 Å². The Labute approximate surface area is 130 Å². The van der Waals surface area contributed by atoms with Gasteiger partial charge in [-0.2, -0.15) is 10.5 Å². The molecule has 2 aromatic rings. The predicted molar refractivity (Wildman–Crippen MR) is 86.7 cm³/mol. The molecule has 0 radical (unpaired) electrons. The van der Waals surface area contributed by atoms with E-state index in [1.807, 2.05) is 48.5 Å². The number of benzene rings is 2. The molecule has 2 aromatic carbocycles. The summed E-state index contributed by atoms with van der Waals surface area (Å²) in [5.74, 6) is 0. The Balaban J connectivity index is 1.76. The minimum atomic E-state index is 0.716. The molecule has 108 valence electrons. The van der Waals surface area contributed by atoms with Gasteiger partial charge in [-0.05, 0) is 24.3 Å². The normalized spacial score (nSPS) is 14.3. The lowest BCUT2D eigenvalue weighted by molar-refractivity contribution is 0.652. The number of anilines is 2. The molecule has 0 bridgehead atoms. The summed E-state index contributed by atoms with van der Waals surface area (Å²) in [7, 11) is 0. The third-order valence-electron chi connectivity index (χ3n) is 4.01. The van der Waals surface area contributed by atoms with E-state index in [-0.39, 0.29) is 0 Å². The molecule has 1 aliphatic heterocycles. The highest BCUT2D eigenvalue weighted by molar-refractivity contribution is 5.63. The van der Waals surface area contributed by atoms with Gasteiger partial charge >= 0.3 is 0 Å². The zero-order chi connectivity index (χ0) is 15.4. The first-order valence-corrected chi connectivity index (χ1v) is 7.31. The van der Waals surface area contributed by atoms with Crippen LogP contribution >= 0.6 is 0 Å². The van der Waals surface area contributed by atoms with Gasteiger partial charge in [-0.1, -0.05) is 24.3 Å². The SMILES string of the molecule is N#Cc1ccccc1N1CCN(c2ccccc2C#N)CC1. The molecule has 0 saturated carbocycles. The fourth-order valence-electron chi connectivity index (χ4n) is 2.88. The van der Waals surface area contributed by atoms with E-state index in [2.05, 4.69) is 21.9 Å². The number of hydrogen-bond acceptors (Lipinski definition) is 4. The molecule has 0 aromatic heterocycles. The predicted octanol–water partition coefficient (Wildman–Crippen LogP) is 2.76. The van der Waals surface area contributed by atoms with Gasteiger partial charge < -0.3 is 9.80 Å². The fourth-order valence-corrected chi connectivity index (χ4v) is 2.88. The van der Waals surface area contributed by atoms with Crippen molar-refractivity contribution < 1.29 is 0 Å². The van der Waals surface area contributed by atoms with E-state index >= 15 is 0 Å². The lowest BCUT2D eigenvalue weighted by atomic mass is 10.1. The van der Waals surface area contributed by atoms with Crippen LogP contribution in [0.1, 0.15) is 11.1 Å². The minimum Gasteiger partial charge on any atom is -0.367 e. The second kappa shape index (κ2) is 6.20. The van der Waals surface area contributed by atoms with Crippen LogP contribution in [0.4, 0.5) is 11.4 Å². The van der Waals surface area contributed by atoms with E-state index in [9.17, 15) is 10.5 Å². The van der Waals surface area contributed by atoms with Gasteiger partial charge in [0.1, 0.15) is 12.1 Å². The number of para-hydroxylation sites is 2. The lowest BCUT2D eigenvalue weighted by Gasteiger charge is -2.38. The first kappa shape index (κ1) is 14.0. The molecule has 0 aliphatic carbocycles. The van der Waals surface area contributed by atoms with E-state index in [4.69, 9.17) is 0 Å². The number of nitriles is 2. The first-order valence-electron chi connectivity index (χ1n) is 7.31. The Kier molecular flexibility index (Phi) is 3.94. The van der Waals surface area contributed by atoms with Crippen LogP contribution in [0.25, 0.3) is 0 Å². The molecule has 0 N–H and O–H groups in total. The Hall–Kier alpha value is -2.98. The summed E-state index contributed by atoms with van der Waals surface area (Å²) in [6, 6.07) is 19.9. The molecular weight excluding hydrogens is 272 g/mol. The molecule has 1 saturated heterocycles. The maximum absolute atomic E-state index is 9.22. The second-order valence-corrected chi connectivity index (χ2v) is 5.23. The van der Waals surface area contributed by atoms with Crippen molar-refractivity contribution in [2.24, 2.45) is 0 Å². The number of piperazine rings is 1. The van der Waals surface area contributed by atoms with Crippen molar-refractivity contribution in [1.29, 1.82) is 10.5 Å². The maximum Gasteiger partial charge on any atom is 0.101 e. The number of nitrogens with zero attached hydrogens (tertiary/aromatic N) is 4. The smallest absolute Gasteiger partial charge is 0.101 e. The summed E-state index contributed by atoms with van der Waals surface area (Å²) in [5.41, 5.74) is 3.43. The largest absolute Gasteiger partial charge is 0.367 e. The van der Waals surface area contributed by atoms with Crippen LogP contribution in [0.2, 0.25) is 0 Å². The molecule has 0 unspecified atom stereocenters. The zero-order valence-corrected chi connectivity index (χ0v) is 12.2. The maximum atomic E-state index is 9.22. The van der Waals surface area contributed by atoms with Crippen LogP contribution in [0.15, 0.2) is 48.5 Å². The number of hydrogen-bond donors (Lipinski definition) is 0. The molecular formula is C18H16N4. The van der Waals surface area contributed by atoms with Crippen molar-refractivity contribution in [3.05, 3.63) is 59.7 Å². The van der Waals surface area contributed by atoms with Gasteiger partial charge in [0.15, 0.2) is 0 Å². The van der Waals surface area contributed by atoms with Crippen molar-refractivity contribution in [2.75, 3.05) is 36.0 Å². The summed E-state index contributed by atoms with van der Waals surface area (Å²) >= 11 is 0. The van der Waals surface area contributed by atoms with E-state index in [1.165, 1.54) is 0 Å². The Morgan fingerprint density at radius 2 is 1.00 bits per heavy atom. The van der Waals surface area contributed by atoms with Crippen molar-refractivity contribution in [3.63, 3.8) is 0 Å². The van der Waals surface area contributed by atoms with Crippen LogP contribution in [-0.2, 0) is 0 Å². The van der Waals surface area contributed by atoms with Crippen molar-refractivity contribution in [2.45, 2.75) is 0 Å². The van der Waals surface area contributed by atoms with Gasteiger partial charge in [-0.15, -0.1) is 0 Å². The Bertz CT molecular complexity index is 681. The molecule has 0 atom stereocenters. The third-order valence-corrected chi connectivity index (χ3v) is 4.01. The molecule has 0 spiro atoms. The number of rotatable bonds is 2. The van der Waals surface area contributed by atoms with Crippen molar-refractivity contribution in [3.8, 4) is 12.1 Å². The topological polar surface area (TPSA) is 54.1 Å². The van der Waals surface area contributed by atoms with Crippen molar-refractivity contribution >= 4 is 11.4 Å². The molecule has 1 heterocycles. The quantitative estimate of drug-likeness (QED) is 0.852. The average Bonchev–Trinajstić information content (AvgIpc) is 2.62. The summed E-state index contributed by atoms with van der Waals surface area (Å²) in [4.78, 5) is 4.48. The van der Waals surface area contributed by atoms with E-state index in [0.29, 0.717) is 11.1 Å². The van der Waals surface area contributed by atoms with Crippen LogP contribution in [0.5, 0.6) is 0 Å². The molecule has 1 fully saturated rings. The molecule has 3 rings (SSSR count). The molecule has 4 heteroatoms. The highest BCUT2D eigenvalue weighted by atomic mass is 15.3. The zero-order valence-electron chi connectivity index (χ0n) is 12.2. The summed E-state index contributed by atoms with van der Waals surface area (Å²) in [6.07, 6.45) is 0. The second-order valence-electron chi connectivity index (χ2n) is 5.23. The van der Waals surface area contributed by atoms with Crippen LogP contribution in [0.3, 0.4) is 0 Å². The van der Waals surface area contributed by atoms with Gasteiger partial charge in [0.2, 0.25) is 0 Å². The van der Waals surface area contributed by atoms with E-state index in [0.717, 1.165) is 37.6 Å². The van der Waals surface area contributed by atoms with Gasteiger partial charge in [-0.25, -0.2) is 0 Å². The summed E-state index contributed by atoms with van der Waals surface area (Å²) in [5, 5.41) is 18.4. The Morgan fingerprint density at radius 3 is 1.36 bits per heavy atom. The standard InChI is InChI=1S/C18H16N4/c19-13-15-5-1-3-7-17(15)21-9-11-22(12-10-21)18-8-4-2-6-16(18)14-20/h1-8H,9-12H2. The fraction of sp³-hybridized carbons (Fsp3) is 0.222. The lowest BCUT2D eigenvalue weighted by Crippen LogP contribution is -2.47. The Morgan fingerprint density at radius 1 is 0.636 bits per heavy atom. The molecule has 0 amide bonds. The monoisotopic (exact) mass is 288 g/mol. The van der Waals surface area contributed by atoms with Gasteiger partial charge in [0, 0.05) is 26.2 Å². The summed E-state index contributed by atoms with van der Waals surface area (Å²) < 4.78 is 0. The van der Waals surface area contributed by atoms with Gasteiger partial charge in [0.25, 0.3) is 0 Å². The van der Waals surface area contributed by atoms with E-state index < -0.39 is 0 Å². The first-order chi connectivity index (χ1) is 10.8. The van der Waals surface area contributed by atoms with Crippen LogP contribution in [0, 0.1) is 22.7 Å². The highest BCUT2D eigenvalue weighted by Crippen LogP contribution is 2.25. The average molecular weight is 288 g/mol. The molecule has 22 heavy (non-hydrogen) atoms. The van der Waals surface area contributed by atoms with Crippen molar-refractivity contribution in [1.82, 2.24) is 0 Å². The minimum absolute atomic E-state index is 0.716. The van der Waals surface area contributed by atoms with Crippen LogP contribution in [-0.4, -0.2) is 26.2 Å². The van der Waals surface area contributed by atoms with Crippen LogP contribution < -0.4 is 9.80 Å². The third kappa shape index (κ3) is 2.60. The van der Waals surface area contributed by atoms with Gasteiger partial charge in [-0.3, -0.25) is 0 Å². The highest BCUT2D eigenvalue weighted by Gasteiger charge is 2.20. The van der Waals surface area contributed by atoms with Gasteiger partial charge in [0.05, 0.1) is 22.5 Å². The molecule has 4 nitrogen and oxygen atoms in total. The summed E-state index contributed by atoms with van der Waals surface area (Å²) in [6.45, 7) is 3.38. The molecule has 1 aliphatic rings.